The number of nitrogens with one attached hydrogen (secondary N) is 1. The molecule has 0 aliphatic carbocycles. The molecule has 5 rings (SSSR count). The lowest BCUT2D eigenvalue weighted by Gasteiger charge is -2.11. The summed E-state index contributed by atoms with van der Waals surface area (Å²) < 4.78 is 7.35. The molecule has 0 bridgehead atoms. The highest BCUT2D eigenvalue weighted by Gasteiger charge is 2.16. The van der Waals surface area contributed by atoms with Crippen molar-refractivity contribution in [2.75, 3.05) is 5.32 Å². The van der Waals surface area contributed by atoms with Crippen molar-refractivity contribution in [3.05, 3.63) is 96.1 Å². The van der Waals surface area contributed by atoms with Crippen molar-refractivity contribution >= 4 is 17.1 Å². The van der Waals surface area contributed by atoms with Gasteiger partial charge in [-0.25, -0.2) is 9.97 Å². The molecule has 0 saturated heterocycles. The molecule has 0 fully saturated rings. The van der Waals surface area contributed by atoms with Crippen LogP contribution in [0.5, 0.6) is 0 Å². The monoisotopic (exact) mass is 408 g/mol. The second-order valence-corrected chi connectivity index (χ2v) is 7.45. The summed E-state index contributed by atoms with van der Waals surface area (Å²) in [7, 11) is 0. The number of aromatic nitrogens is 3. The van der Waals surface area contributed by atoms with Gasteiger partial charge >= 0.3 is 0 Å². The average molecular weight is 408 g/mol. The van der Waals surface area contributed by atoms with Gasteiger partial charge < -0.3 is 9.73 Å². The lowest BCUT2D eigenvalue weighted by atomic mass is 9.99. The van der Waals surface area contributed by atoms with Gasteiger partial charge in [-0.05, 0) is 49.2 Å². The molecule has 6 nitrogen and oxygen atoms in total. The SMILES string of the molecule is Cc1ccc(NC(=O)c2cc(-c3cccn4c(-c5ncco5)ncc34)ccc2C)cc1. The van der Waals surface area contributed by atoms with E-state index in [4.69, 9.17) is 4.42 Å². The van der Waals surface area contributed by atoms with E-state index in [1.165, 1.54) is 6.26 Å². The maximum absolute atomic E-state index is 13.0. The highest BCUT2D eigenvalue weighted by atomic mass is 16.3. The van der Waals surface area contributed by atoms with E-state index in [-0.39, 0.29) is 5.91 Å². The Labute approximate surface area is 179 Å². The molecule has 0 aliphatic heterocycles. The van der Waals surface area contributed by atoms with Crippen molar-refractivity contribution in [3.8, 4) is 22.8 Å². The Hall–Kier alpha value is -4.19. The molecular weight excluding hydrogens is 388 g/mol. The third kappa shape index (κ3) is 3.48. The van der Waals surface area contributed by atoms with Crippen LogP contribution >= 0.6 is 0 Å². The van der Waals surface area contributed by atoms with Crippen molar-refractivity contribution < 1.29 is 9.21 Å². The maximum atomic E-state index is 13.0. The Morgan fingerprint density at radius 1 is 1.03 bits per heavy atom. The highest BCUT2D eigenvalue weighted by Crippen LogP contribution is 2.29. The van der Waals surface area contributed by atoms with Gasteiger partial charge in [-0.1, -0.05) is 35.9 Å². The van der Waals surface area contributed by atoms with Crippen molar-refractivity contribution in [2.45, 2.75) is 13.8 Å². The summed E-state index contributed by atoms with van der Waals surface area (Å²) in [5, 5.41) is 2.99. The summed E-state index contributed by atoms with van der Waals surface area (Å²) >= 11 is 0. The molecule has 0 saturated carbocycles. The van der Waals surface area contributed by atoms with Crippen LogP contribution in [0.15, 0.2) is 83.9 Å². The molecule has 0 atom stereocenters. The number of fused-ring (bicyclic) bond motifs is 1. The fraction of sp³-hybridized carbons (Fsp3) is 0.0800. The number of benzene rings is 2. The van der Waals surface area contributed by atoms with Crippen LogP contribution in [0.3, 0.4) is 0 Å². The summed E-state index contributed by atoms with van der Waals surface area (Å²) in [6.07, 6.45) is 6.84. The number of nitrogens with zero attached hydrogens (tertiary/aromatic N) is 3. The Balaban J connectivity index is 1.54. The average Bonchev–Trinajstić information content (AvgIpc) is 3.45. The van der Waals surface area contributed by atoms with Crippen LogP contribution in [0.2, 0.25) is 0 Å². The van der Waals surface area contributed by atoms with Gasteiger partial charge in [-0.3, -0.25) is 9.20 Å². The van der Waals surface area contributed by atoms with Crippen LogP contribution in [0.1, 0.15) is 21.5 Å². The van der Waals surface area contributed by atoms with Gasteiger partial charge in [-0.2, -0.15) is 0 Å². The minimum Gasteiger partial charge on any atom is -0.442 e. The number of carbonyl (C=O) groups is 1. The molecule has 1 N–H and O–H groups in total. The van der Waals surface area contributed by atoms with E-state index in [1.807, 2.05) is 79.0 Å². The van der Waals surface area contributed by atoms with Crippen LogP contribution in [0.4, 0.5) is 5.69 Å². The zero-order valence-electron chi connectivity index (χ0n) is 17.2. The lowest BCUT2D eigenvalue weighted by molar-refractivity contribution is 0.102. The number of aryl methyl sites for hydroxylation is 2. The summed E-state index contributed by atoms with van der Waals surface area (Å²) in [5.74, 6) is 0.953. The number of hydrogen-bond acceptors (Lipinski definition) is 4. The molecule has 3 heterocycles. The second-order valence-electron chi connectivity index (χ2n) is 7.45. The maximum Gasteiger partial charge on any atom is 0.263 e. The Morgan fingerprint density at radius 2 is 1.87 bits per heavy atom. The zero-order valence-corrected chi connectivity index (χ0v) is 17.2. The van der Waals surface area contributed by atoms with Crippen LogP contribution in [0, 0.1) is 13.8 Å². The Kier molecular flexibility index (Phi) is 4.59. The standard InChI is InChI=1S/C25H20N4O2/c1-16-5-9-19(10-6-16)28-24(30)21-14-18(8-7-17(21)2)20-4-3-12-29-22(20)15-27-23(29)25-26-11-13-31-25/h3-15H,1-2H3,(H,28,30). The van der Waals surface area contributed by atoms with E-state index in [0.29, 0.717) is 17.3 Å². The number of hydrogen-bond donors (Lipinski definition) is 1. The number of pyridine rings is 1. The van der Waals surface area contributed by atoms with Crippen molar-refractivity contribution in [3.63, 3.8) is 0 Å². The third-order valence-corrected chi connectivity index (χ3v) is 5.30. The first-order valence-electron chi connectivity index (χ1n) is 9.95. The summed E-state index contributed by atoms with van der Waals surface area (Å²) in [5.41, 5.74) is 6.27. The number of amides is 1. The fourth-order valence-electron chi connectivity index (χ4n) is 3.63. The number of rotatable bonds is 4. The van der Waals surface area contributed by atoms with E-state index in [1.54, 1.807) is 12.4 Å². The van der Waals surface area contributed by atoms with Crippen LogP contribution in [-0.4, -0.2) is 20.3 Å². The number of anilines is 1. The van der Waals surface area contributed by atoms with E-state index in [9.17, 15) is 4.79 Å². The second kappa shape index (κ2) is 7.57. The summed E-state index contributed by atoms with van der Waals surface area (Å²) in [4.78, 5) is 21.7. The molecule has 2 aromatic carbocycles. The van der Waals surface area contributed by atoms with E-state index in [2.05, 4.69) is 15.3 Å². The Morgan fingerprint density at radius 3 is 2.65 bits per heavy atom. The largest absolute Gasteiger partial charge is 0.442 e. The molecule has 3 aromatic heterocycles. The summed E-state index contributed by atoms with van der Waals surface area (Å²) in [6.45, 7) is 3.96. The topological polar surface area (TPSA) is 72.4 Å². The van der Waals surface area contributed by atoms with E-state index in [0.717, 1.165) is 33.5 Å². The quantitative estimate of drug-likeness (QED) is 0.425. The lowest BCUT2D eigenvalue weighted by Crippen LogP contribution is -2.13. The summed E-state index contributed by atoms with van der Waals surface area (Å²) in [6, 6.07) is 17.6. The van der Waals surface area contributed by atoms with Gasteiger partial charge in [0.25, 0.3) is 11.8 Å². The first kappa shape index (κ1) is 18.8. The molecule has 0 aliphatic rings. The van der Waals surface area contributed by atoms with Gasteiger partial charge in [-0.15, -0.1) is 0 Å². The number of oxazole rings is 1. The minimum atomic E-state index is -0.135. The predicted molar refractivity (Wildman–Crippen MR) is 120 cm³/mol. The van der Waals surface area contributed by atoms with Crippen molar-refractivity contribution in [1.82, 2.24) is 14.4 Å². The van der Waals surface area contributed by atoms with Gasteiger partial charge in [0.05, 0.1) is 17.9 Å². The highest BCUT2D eigenvalue weighted by molar-refractivity contribution is 6.06. The van der Waals surface area contributed by atoms with Crippen LogP contribution < -0.4 is 5.32 Å². The normalized spacial score (nSPS) is 11.0. The van der Waals surface area contributed by atoms with Crippen molar-refractivity contribution in [1.29, 1.82) is 0 Å². The number of imidazole rings is 1. The molecular formula is C25H20N4O2. The van der Waals surface area contributed by atoms with E-state index >= 15 is 0 Å². The molecule has 0 radical (unpaired) electrons. The van der Waals surface area contributed by atoms with E-state index < -0.39 is 0 Å². The fourth-order valence-corrected chi connectivity index (χ4v) is 3.63. The van der Waals surface area contributed by atoms with Crippen molar-refractivity contribution in [2.24, 2.45) is 0 Å². The molecule has 0 unspecified atom stereocenters. The minimum absolute atomic E-state index is 0.135. The number of carbonyl (C=O) groups excluding carboxylic acids is 1. The molecule has 1 amide bonds. The third-order valence-electron chi connectivity index (χ3n) is 5.30. The van der Waals surface area contributed by atoms with Crippen LogP contribution in [0.25, 0.3) is 28.4 Å². The molecule has 5 aromatic rings. The van der Waals surface area contributed by atoms with Gasteiger partial charge in [0.15, 0.2) is 0 Å². The van der Waals surface area contributed by atoms with Gasteiger partial charge in [0.1, 0.15) is 6.26 Å². The van der Waals surface area contributed by atoms with Gasteiger partial charge in [0, 0.05) is 23.0 Å². The van der Waals surface area contributed by atoms with Crippen LogP contribution in [-0.2, 0) is 0 Å². The first-order chi connectivity index (χ1) is 15.1. The molecule has 31 heavy (non-hydrogen) atoms. The van der Waals surface area contributed by atoms with Gasteiger partial charge in [0.2, 0.25) is 5.82 Å². The molecule has 6 heteroatoms. The molecule has 0 spiro atoms. The Bertz CT molecular complexity index is 1380. The molecule has 152 valence electrons. The zero-order chi connectivity index (χ0) is 21.4. The smallest absolute Gasteiger partial charge is 0.263 e. The predicted octanol–water partition coefficient (Wildman–Crippen LogP) is 5.53. The first-order valence-corrected chi connectivity index (χ1v) is 9.95.